The summed E-state index contributed by atoms with van der Waals surface area (Å²) in [6.45, 7) is 1.65. The van der Waals surface area contributed by atoms with Gasteiger partial charge < -0.3 is 9.47 Å². The smallest absolute Gasteiger partial charge is 0.257 e. The third-order valence-corrected chi connectivity index (χ3v) is 4.12. The van der Waals surface area contributed by atoms with Crippen molar-refractivity contribution in [3.63, 3.8) is 0 Å². The Hall–Kier alpha value is -2.24. The maximum Gasteiger partial charge on any atom is 0.257 e. The number of hydrogen-bond donors (Lipinski definition) is 0. The van der Waals surface area contributed by atoms with E-state index in [-0.39, 0.29) is 11.5 Å². The monoisotopic (exact) mass is 286 g/mol. The van der Waals surface area contributed by atoms with Gasteiger partial charge in [0, 0.05) is 19.0 Å². The first-order chi connectivity index (χ1) is 10.2. The summed E-state index contributed by atoms with van der Waals surface area (Å²) in [7, 11) is 0. The average molecular weight is 286 g/mol. The van der Waals surface area contributed by atoms with Crippen molar-refractivity contribution >= 4 is 5.91 Å². The van der Waals surface area contributed by atoms with Crippen molar-refractivity contribution < 1.29 is 9.18 Å². The van der Waals surface area contributed by atoms with E-state index in [0.717, 1.165) is 11.6 Å². The summed E-state index contributed by atoms with van der Waals surface area (Å²) >= 11 is 0. The number of halogens is 1. The Bertz CT molecular complexity index is 707. The molecule has 5 nitrogen and oxygen atoms in total. The Kier molecular flexibility index (Phi) is 2.77. The molecule has 2 aromatic rings. The number of rotatable bonds is 2. The van der Waals surface area contributed by atoms with E-state index in [4.69, 9.17) is 0 Å². The summed E-state index contributed by atoms with van der Waals surface area (Å²) in [6, 6.07) is 6.09. The summed E-state index contributed by atoms with van der Waals surface area (Å²) in [6.07, 6.45) is 2.35. The van der Waals surface area contributed by atoms with Gasteiger partial charge in [-0.05, 0) is 25.0 Å². The molecule has 2 aliphatic rings. The summed E-state index contributed by atoms with van der Waals surface area (Å²) in [4.78, 5) is 14.0. The highest BCUT2D eigenvalue weighted by atomic mass is 19.1. The summed E-state index contributed by atoms with van der Waals surface area (Å²) in [5.41, 5.74) is 0.118. The molecule has 1 aromatic carbocycles. The van der Waals surface area contributed by atoms with Crippen LogP contribution in [0.4, 0.5) is 4.39 Å². The molecule has 1 saturated carbocycles. The van der Waals surface area contributed by atoms with Crippen molar-refractivity contribution in [2.75, 3.05) is 6.54 Å². The van der Waals surface area contributed by atoms with Crippen LogP contribution in [0.15, 0.2) is 24.3 Å². The van der Waals surface area contributed by atoms with Gasteiger partial charge in [0.25, 0.3) is 5.91 Å². The minimum atomic E-state index is -0.479. The molecule has 2 heterocycles. The van der Waals surface area contributed by atoms with E-state index in [0.29, 0.717) is 25.6 Å². The zero-order valence-corrected chi connectivity index (χ0v) is 11.5. The van der Waals surface area contributed by atoms with E-state index in [1.807, 2.05) is 0 Å². The van der Waals surface area contributed by atoms with Crippen LogP contribution in [0.25, 0.3) is 0 Å². The lowest BCUT2D eigenvalue weighted by Crippen LogP contribution is -2.39. The highest BCUT2D eigenvalue weighted by molar-refractivity contribution is 5.94. The van der Waals surface area contributed by atoms with Gasteiger partial charge in [-0.1, -0.05) is 12.1 Å². The maximum atomic E-state index is 13.7. The molecule has 1 aliphatic heterocycles. The lowest BCUT2D eigenvalue weighted by molar-refractivity contribution is 0.0701. The van der Waals surface area contributed by atoms with Crippen LogP contribution in [0.2, 0.25) is 0 Å². The zero-order valence-electron chi connectivity index (χ0n) is 11.5. The van der Waals surface area contributed by atoms with Crippen molar-refractivity contribution in [1.29, 1.82) is 0 Å². The zero-order chi connectivity index (χ0) is 14.4. The van der Waals surface area contributed by atoms with E-state index >= 15 is 0 Å². The molecule has 1 aliphatic carbocycles. The van der Waals surface area contributed by atoms with Crippen molar-refractivity contribution in [2.45, 2.75) is 31.8 Å². The topological polar surface area (TPSA) is 51.0 Å². The lowest BCUT2D eigenvalue weighted by atomic mass is 10.1. The van der Waals surface area contributed by atoms with Gasteiger partial charge in [0.05, 0.1) is 12.1 Å². The number of hydrogen-bond acceptors (Lipinski definition) is 3. The normalized spacial score (nSPS) is 17.7. The second kappa shape index (κ2) is 4.65. The van der Waals surface area contributed by atoms with Crippen LogP contribution < -0.4 is 0 Å². The Labute approximate surface area is 121 Å². The van der Waals surface area contributed by atoms with E-state index in [1.165, 1.54) is 25.0 Å². The highest BCUT2D eigenvalue weighted by Gasteiger charge is 2.33. The van der Waals surface area contributed by atoms with Gasteiger partial charge in [-0.15, -0.1) is 10.2 Å². The molecule has 0 saturated heterocycles. The Balaban J connectivity index is 1.58. The van der Waals surface area contributed by atoms with Gasteiger partial charge in [0.1, 0.15) is 11.6 Å². The molecule has 0 unspecified atom stereocenters. The molecule has 0 radical (unpaired) electrons. The molecule has 4 rings (SSSR count). The van der Waals surface area contributed by atoms with Crippen LogP contribution in [-0.2, 0) is 13.1 Å². The summed E-state index contributed by atoms with van der Waals surface area (Å²) in [5, 5.41) is 8.44. The van der Waals surface area contributed by atoms with Gasteiger partial charge >= 0.3 is 0 Å². The first kappa shape index (κ1) is 12.5. The molecule has 21 heavy (non-hydrogen) atoms. The Morgan fingerprint density at radius 2 is 2.00 bits per heavy atom. The van der Waals surface area contributed by atoms with Gasteiger partial charge in [-0.2, -0.15) is 0 Å². The third kappa shape index (κ3) is 2.11. The fourth-order valence-electron chi connectivity index (χ4n) is 2.80. The van der Waals surface area contributed by atoms with Crippen LogP contribution in [0.1, 0.15) is 40.8 Å². The van der Waals surface area contributed by atoms with Crippen LogP contribution in [0.5, 0.6) is 0 Å². The molecular formula is C15H15FN4O. The van der Waals surface area contributed by atoms with E-state index < -0.39 is 5.82 Å². The maximum absolute atomic E-state index is 13.7. The predicted molar refractivity (Wildman–Crippen MR) is 73.1 cm³/mol. The number of aromatic nitrogens is 3. The Morgan fingerprint density at radius 1 is 1.19 bits per heavy atom. The van der Waals surface area contributed by atoms with Crippen LogP contribution in [0.3, 0.4) is 0 Å². The molecule has 0 N–H and O–H groups in total. The first-order valence-corrected chi connectivity index (χ1v) is 7.20. The lowest BCUT2D eigenvalue weighted by Gasteiger charge is -2.28. The average Bonchev–Trinajstić information content (AvgIpc) is 3.26. The molecule has 1 amide bonds. The van der Waals surface area contributed by atoms with Crippen LogP contribution in [-0.4, -0.2) is 32.1 Å². The van der Waals surface area contributed by atoms with Gasteiger partial charge in [0.15, 0.2) is 5.82 Å². The highest BCUT2D eigenvalue weighted by Crippen LogP contribution is 2.39. The van der Waals surface area contributed by atoms with Crippen molar-refractivity contribution in [2.24, 2.45) is 0 Å². The Morgan fingerprint density at radius 3 is 2.76 bits per heavy atom. The minimum absolute atomic E-state index is 0.118. The number of fused-ring (bicyclic) bond motifs is 1. The number of carbonyl (C=O) groups is 1. The van der Waals surface area contributed by atoms with Crippen molar-refractivity contribution in [1.82, 2.24) is 19.7 Å². The molecule has 6 heteroatoms. The number of benzene rings is 1. The second-order valence-corrected chi connectivity index (χ2v) is 5.61. The van der Waals surface area contributed by atoms with Gasteiger partial charge in [-0.25, -0.2) is 4.39 Å². The SMILES string of the molecule is O=C(c1ccccc1F)N1CCn2c(nnc2C2CC2)C1. The van der Waals surface area contributed by atoms with E-state index in [9.17, 15) is 9.18 Å². The van der Waals surface area contributed by atoms with Crippen molar-refractivity contribution in [3.8, 4) is 0 Å². The third-order valence-electron chi connectivity index (χ3n) is 4.12. The van der Waals surface area contributed by atoms with Crippen molar-refractivity contribution in [3.05, 3.63) is 47.3 Å². The largest absolute Gasteiger partial charge is 0.329 e. The number of carbonyl (C=O) groups excluding carboxylic acids is 1. The quantitative estimate of drug-likeness (QED) is 0.848. The van der Waals surface area contributed by atoms with Gasteiger partial charge in [-0.3, -0.25) is 4.79 Å². The molecule has 0 spiro atoms. The van der Waals surface area contributed by atoms with Crippen LogP contribution >= 0.6 is 0 Å². The minimum Gasteiger partial charge on any atom is -0.329 e. The standard InChI is InChI=1S/C15H15FN4O/c16-12-4-2-1-3-11(12)15(21)19-7-8-20-13(9-19)17-18-14(20)10-5-6-10/h1-4,10H,5-9H2. The fraction of sp³-hybridized carbons (Fsp3) is 0.400. The fourth-order valence-corrected chi connectivity index (χ4v) is 2.80. The number of nitrogens with zero attached hydrogens (tertiary/aromatic N) is 4. The summed E-state index contributed by atoms with van der Waals surface area (Å²) in [5.74, 6) is 1.62. The summed E-state index contributed by atoms with van der Waals surface area (Å²) < 4.78 is 15.8. The molecular weight excluding hydrogens is 271 g/mol. The van der Waals surface area contributed by atoms with Crippen LogP contribution in [0, 0.1) is 5.82 Å². The molecule has 0 atom stereocenters. The van der Waals surface area contributed by atoms with E-state index in [1.54, 1.807) is 17.0 Å². The molecule has 108 valence electrons. The van der Waals surface area contributed by atoms with E-state index in [2.05, 4.69) is 14.8 Å². The first-order valence-electron chi connectivity index (χ1n) is 7.20. The molecule has 1 aromatic heterocycles. The molecule has 0 bridgehead atoms. The second-order valence-electron chi connectivity index (χ2n) is 5.61. The molecule has 1 fully saturated rings. The number of amides is 1. The predicted octanol–water partition coefficient (Wildman–Crippen LogP) is 1.95. The van der Waals surface area contributed by atoms with Gasteiger partial charge in [0.2, 0.25) is 0 Å².